The van der Waals surface area contributed by atoms with Crippen molar-refractivity contribution >= 4 is 28.4 Å². The second kappa shape index (κ2) is 7.83. The molecular weight excluding hydrogens is 400 g/mol. The molecule has 1 aliphatic rings. The summed E-state index contributed by atoms with van der Waals surface area (Å²) in [6, 6.07) is 37.2. The lowest BCUT2D eigenvalue weighted by atomic mass is 9.86. The number of para-hydroxylation sites is 1. The van der Waals surface area contributed by atoms with E-state index in [1.807, 2.05) is 0 Å². The van der Waals surface area contributed by atoms with Gasteiger partial charge < -0.3 is 9.88 Å². The maximum absolute atomic E-state index is 3.64. The number of anilines is 1. The van der Waals surface area contributed by atoms with Gasteiger partial charge in [-0.3, -0.25) is 0 Å². The summed E-state index contributed by atoms with van der Waals surface area (Å²) in [5, 5.41) is 1.28. The fraction of sp³-hybridized carbons (Fsp3) is 0.0968. The molecule has 0 amide bonds. The number of H-pyrrole nitrogens is 1. The van der Waals surface area contributed by atoms with Crippen molar-refractivity contribution in [1.29, 1.82) is 0 Å². The van der Waals surface area contributed by atoms with Crippen LogP contribution in [0.5, 0.6) is 0 Å². The molecule has 0 spiro atoms. The molecule has 6 rings (SSSR count). The second-order valence-corrected chi connectivity index (χ2v) is 8.84. The summed E-state index contributed by atoms with van der Waals surface area (Å²) < 4.78 is 0. The van der Waals surface area contributed by atoms with Gasteiger partial charge in [-0.1, -0.05) is 90.5 Å². The van der Waals surface area contributed by atoms with Crippen molar-refractivity contribution in [1.82, 2.24) is 4.98 Å². The van der Waals surface area contributed by atoms with E-state index in [4.69, 9.17) is 0 Å². The molecule has 1 N–H and O–H groups in total. The molecule has 0 saturated heterocycles. The molecule has 2 heteroatoms. The van der Waals surface area contributed by atoms with E-state index in [2.05, 4.69) is 133 Å². The highest BCUT2D eigenvalue weighted by molar-refractivity contribution is 5.96. The molecule has 33 heavy (non-hydrogen) atoms. The monoisotopic (exact) mass is 426 g/mol. The summed E-state index contributed by atoms with van der Waals surface area (Å²) in [6.07, 6.45) is 2.34. The van der Waals surface area contributed by atoms with Gasteiger partial charge in [-0.05, 0) is 54.8 Å². The van der Waals surface area contributed by atoms with E-state index >= 15 is 0 Å². The van der Waals surface area contributed by atoms with Gasteiger partial charge in [0.25, 0.3) is 0 Å². The topological polar surface area (TPSA) is 19.0 Å². The van der Waals surface area contributed by atoms with Crippen LogP contribution in [-0.4, -0.2) is 4.98 Å². The van der Waals surface area contributed by atoms with Crippen molar-refractivity contribution in [2.24, 2.45) is 0 Å². The molecule has 1 aliphatic heterocycles. The number of hydrogen-bond acceptors (Lipinski definition) is 1. The first-order chi connectivity index (χ1) is 16.2. The van der Waals surface area contributed by atoms with E-state index in [0.29, 0.717) is 0 Å². The molecule has 0 aliphatic carbocycles. The van der Waals surface area contributed by atoms with Gasteiger partial charge in [0.05, 0.1) is 6.04 Å². The minimum absolute atomic E-state index is 0.0558. The van der Waals surface area contributed by atoms with Gasteiger partial charge in [0.1, 0.15) is 0 Å². The lowest BCUT2D eigenvalue weighted by Crippen LogP contribution is -2.31. The Morgan fingerprint density at radius 3 is 2.21 bits per heavy atom. The van der Waals surface area contributed by atoms with Crippen LogP contribution in [0.4, 0.5) is 5.69 Å². The summed E-state index contributed by atoms with van der Waals surface area (Å²) in [7, 11) is 0. The third-order valence-corrected chi connectivity index (χ3v) is 6.70. The van der Waals surface area contributed by atoms with Crippen molar-refractivity contribution in [2.75, 3.05) is 4.90 Å². The van der Waals surface area contributed by atoms with Gasteiger partial charge in [-0.15, -0.1) is 0 Å². The van der Waals surface area contributed by atoms with Crippen molar-refractivity contribution < 1.29 is 0 Å². The van der Waals surface area contributed by atoms with Crippen LogP contribution in [0.2, 0.25) is 0 Å². The zero-order valence-electron chi connectivity index (χ0n) is 18.9. The lowest BCUT2D eigenvalue weighted by molar-refractivity contribution is 0.814. The van der Waals surface area contributed by atoms with E-state index in [9.17, 15) is 0 Å². The molecule has 0 bridgehead atoms. The van der Waals surface area contributed by atoms with Crippen LogP contribution < -0.4 is 4.90 Å². The first-order valence-corrected chi connectivity index (χ1v) is 11.5. The molecule has 4 aromatic carbocycles. The van der Waals surface area contributed by atoms with E-state index in [1.165, 1.54) is 55.8 Å². The van der Waals surface area contributed by atoms with E-state index in [0.717, 1.165) is 0 Å². The van der Waals surface area contributed by atoms with Gasteiger partial charge in [-0.2, -0.15) is 0 Å². The van der Waals surface area contributed by atoms with Crippen molar-refractivity contribution in [3.8, 4) is 0 Å². The van der Waals surface area contributed by atoms with Gasteiger partial charge in [-0.25, -0.2) is 0 Å². The van der Waals surface area contributed by atoms with Crippen molar-refractivity contribution in [3.05, 3.63) is 137 Å². The predicted octanol–water partition coefficient (Wildman–Crippen LogP) is 7.89. The van der Waals surface area contributed by atoms with Crippen LogP contribution in [0.25, 0.3) is 22.7 Å². The molecule has 1 atom stereocenters. The molecular formula is C31H26N2. The van der Waals surface area contributed by atoms with Gasteiger partial charge in [0.2, 0.25) is 0 Å². The quantitative estimate of drug-likeness (QED) is 0.311. The first kappa shape index (κ1) is 19.6. The molecule has 1 unspecified atom stereocenters. The fourth-order valence-corrected chi connectivity index (χ4v) is 5.15. The third-order valence-electron chi connectivity index (χ3n) is 6.70. The summed E-state index contributed by atoms with van der Waals surface area (Å²) in [4.78, 5) is 6.16. The van der Waals surface area contributed by atoms with Crippen LogP contribution in [-0.2, 0) is 0 Å². The minimum atomic E-state index is 0.0558. The zero-order chi connectivity index (χ0) is 22.4. The van der Waals surface area contributed by atoms with Gasteiger partial charge in [0, 0.05) is 33.5 Å². The average Bonchev–Trinajstić information content (AvgIpc) is 3.19. The number of aromatic amines is 1. The van der Waals surface area contributed by atoms with Crippen molar-refractivity contribution in [2.45, 2.75) is 19.9 Å². The molecule has 1 aromatic heterocycles. The molecule has 5 aromatic rings. The summed E-state index contributed by atoms with van der Waals surface area (Å²) in [5.74, 6) is 0. The highest BCUT2D eigenvalue weighted by Crippen LogP contribution is 2.47. The highest BCUT2D eigenvalue weighted by Gasteiger charge is 2.34. The maximum atomic E-state index is 3.64. The zero-order valence-corrected chi connectivity index (χ0v) is 18.9. The van der Waals surface area contributed by atoms with Crippen LogP contribution in [0.15, 0.2) is 103 Å². The fourth-order valence-electron chi connectivity index (χ4n) is 5.15. The van der Waals surface area contributed by atoms with Crippen molar-refractivity contribution in [3.63, 3.8) is 0 Å². The Balaban J connectivity index is 1.68. The summed E-state index contributed by atoms with van der Waals surface area (Å²) >= 11 is 0. The number of nitrogens with zero attached hydrogens (tertiary/aromatic N) is 1. The van der Waals surface area contributed by atoms with Crippen LogP contribution in [0, 0.1) is 13.8 Å². The Morgan fingerprint density at radius 1 is 0.697 bits per heavy atom. The molecule has 2 heterocycles. The van der Waals surface area contributed by atoms with Gasteiger partial charge >= 0.3 is 0 Å². The second-order valence-electron chi connectivity index (χ2n) is 8.84. The van der Waals surface area contributed by atoms with Gasteiger partial charge in [0.15, 0.2) is 0 Å². The van der Waals surface area contributed by atoms with Crippen LogP contribution in [0.1, 0.15) is 39.6 Å². The summed E-state index contributed by atoms with van der Waals surface area (Å²) in [5.41, 5.74) is 11.2. The number of hydrogen-bond donors (Lipinski definition) is 1. The lowest BCUT2D eigenvalue weighted by Gasteiger charge is -2.40. The average molecular weight is 427 g/mol. The molecule has 2 nitrogen and oxygen atoms in total. The highest BCUT2D eigenvalue weighted by atomic mass is 15.2. The Bertz CT molecular complexity index is 1470. The third kappa shape index (κ3) is 3.27. The van der Waals surface area contributed by atoms with E-state index in [1.54, 1.807) is 0 Å². The number of rotatable bonds is 3. The largest absolute Gasteiger partial charge is 0.358 e. The maximum Gasteiger partial charge on any atom is 0.0874 e. The Morgan fingerprint density at radius 2 is 1.39 bits per heavy atom. The van der Waals surface area contributed by atoms with Crippen LogP contribution in [0.3, 0.4) is 0 Å². The Hall–Kier alpha value is -4.04. The number of fused-ring (bicyclic) bond motifs is 2. The van der Waals surface area contributed by atoms with E-state index < -0.39 is 0 Å². The number of benzene rings is 4. The SMILES string of the molecule is Cc1ccc(N2C(c3ccccc3)=Cc3ccccc3C2c2c(C)[nH]c3ccccc23)cc1. The standard InChI is InChI=1S/C31H26N2/c1-21-16-18-25(19-17-21)33-29(23-10-4-3-5-11-23)20-24-12-6-7-13-26(24)31(33)30-22(2)32-28-15-9-8-14-27(28)30/h3-20,31-32H,1-2H3. The summed E-state index contributed by atoms with van der Waals surface area (Å²) in [6.45, 7) is 4.34. The number of aryl methyl sites for hydroxylation is 2. The molecule has 0 saturated carbocycles. The number of aromatic nitrogens is 1. The predicted molar refractivity (Wildman–Crippen MR) is 139 cm³/mol. The molecule has 160 valence electrons. The minimum Gasteiger partial charge on any atom is -0.358 e. The molecule has 0 fully saturated rings. The smallest absolute Gasteiger partial charge is 0.0874 e. The normalized spacial score (nSPS) is 15.4. The van der Waals surface area contributed by atoms with E-state index in [-0.39, 0.29) is 6.04 Å². The Kier molecular flexibility index (Phi) is 4.66. The van der Waals surface area contributed by atoms with Crippen LogP contribution >= 0.6 is 0 Å². The number of nitrogens with one attached hydrogen (secondary N) is 1. The first-order valence-electron chi connectivity index (χ1n) is 11.5. The Labute approximate surface area is 194 Å². The molecule has 0 radical (unpaired) electrons.